The van der Waals surface area contributed by atoms with E-state index in [1.165, 1.54) is 23.9 Å². The number of hydrogen-bond donors (Lipinski definition) is 2. The molecule has 0 aromatic heterocycles. The fraction of sp³-hybridized carbons (Fsp3) is 0.188. The van der Waals surface area contributed by atoms with Crippen LogP contribution in [0, 0.1) is 0 Å². The highest BCUT2D eigenvalue weighted by Gasteiger charge is 2.07. The molecule has 2 N–H and O–H groups in total. The number of phenols is 2. The average Bonchev–Trinajstić information content (AvgIpc) is 2.44. The zero-order valence-corrected chi connectivity index (χ0v) is 12.4. The summed E-state index contributed by atoms with van der Waals surface area (Å²) in [5.41, 5.74) is 0.800. The van der Waals surface area contributed by atoms with Crippen LogP contribution in [0.4, 0.5) is 0 Å². The predicted molar refractivity (Wildman–Crippen MR) is 83.8 cm³/mol. The third-order valence-corrected chi connectivity index (χ3v) is 3.71. The molecule has 0 radical (unpaired) electrons. The number of esters is 1. The fourth-order valence-electron chi connectivity index (χ4n) is 1.73. The number of phenolic OH excluding ortho intramolecular Hbond substituents is 2. The van der Waals surface area contributed by atoms with E-state index in [9.17, 15) is 15.0 Å². The van der Waals surface area contributed by atoms with Gasteiger partial charge in [-0.1, -0.05) is 12.6 Å². The number of ether oxygens (including phenoxy) is 1. The van der Waals surface area contributed by atoms with Crippen LogP contribution in [-0.2, 0) is 9.53 Å². The molecular weight excluding hydrogens is 288 g/mol. The number of fused-ring (bicyclic) bond motifs is 1. The topological polar surface area (TPSA) is 66.8 Å². The average molecular weight is 304 g/mol. The molecule has 0 heterocycles. The summed E-state index contributed by atoms with van der Waals surface area (Å²) in [6.45, 7) is 5.70. The van der Waals surface area contributed by atoms with Gasteiger partial charge in [0.1, 0.15) is 6.61 Å². The first-order valence-electron chi connectivity index (χ1n) is 6.34. The van der Waals surface area contributed by atoms with Crippen LogP contribution in [0.25, 0.3) is 10.8 Å². The molecule has 0 aliphatic heterocycles. The maximum atomic E-state index is 11.5. The van der Waals surface area contributed by atoms with Gasteiger partial charge in [0, 0.05) is 4.90 Å². The molecule has 2 rings (SSSR count). The van der Waals surface area contributed by atoms with Crippen molar-refractivity contribution in [3.05, 3.63) is 42.5 Å². The lowest BCUT2D eigenvalue weighted by Gasteiger charge is -2.06. The van der Waals surface area contributed by atoms with Crippen LogP contribution in [0.5, 0.6) is 11.5 Å². The number of carbonyl (C=O) groups is 1. The van der Waals surface area contributed by atoms with E-state index in [-0.39, 0.29) is 29.8 Å². The van der Waals surface area contributed by atoms with Crippen LogP contribution in [-0.4, -0.2) is 28.5 Å². The van der Waals surface area contributed by atoms with Crippen LogP contribution in [0.1, 0.15) is 6.92 Å². The van der Waals surface area contributed by atoms with Crippen molar-refractivity contribution in [1.29, 1.82) is 0 Å². The van der Waals surface area contributed by atoms with Gasteiger partial charge in [-0.25, -0.2) is 0 Å². The zero-order valence-electron chi connectivity index (χ0n) is 11.6. The van der Waals surface area contributed by atoms with E-state index in [1.54, 1.807) is 6.92 Å². The molecule has 2 aromatic carbocycles. The fourth-order valence-corrected chi connectivity index (χ4v) is 2.47. The maximum Gasteiger partial charge on any atom is 0.316 e. The highest BCUT2D eigenvalue weighted by molar-refractivity contribution is 8.00. The first-order chi connectivity index (χ1) is 9.95. The van der Waals surface area contributed by atoms with E-state index < -0.39 is 0 Å². The van der Waals surface area contributed by atoms with Crippen LogP contribution >= 0.6 is 11.8 Å². The SMILES string of the molecule is C=C(C)COC(=O)CSc1ccc2cc(O)c(O)cc2c1. The summed E-state index contributed by atoms with van der Waals surface area (Å²) in [4.78, 5) is 12.4. The minimum Gasteiger partial charge on any atom is -0.504 e. The molecule has 0 unspecified atom stereocenters. The Morgan fingerprint density at radius 3 is 2.52 bits per heavy atom. The molecule has 110 valence electrons. The standard InChI is InChI=1S/C16H16O4S/c1-10(2)8-20-16(19)9-21-13-4-3-11-6-14(17)15(18)7-12(11)5-13/h3-7,17-18H,1,8-9H2,2H3. The zero-order chi connectivity index (χ0) is 15.4. The van der Waals surface area contributed by atoms with Gasteiger partial charge in [-0.15, -0.1) is 11.8 Å². The summed E-state index contributed by atoms with van der Waals surface area (Å²) in [6, 6.07) is 8.53. The van der Waals surface area contributed by atoms with Gasteiger partial charge < -0.3 is 14.9 Å². The van der Waals surface area contributed by atoms with Crippen molar-refractivity contribution < 1.29 is 19.7 Å². The molecule has 0 aliphatic rings. The molecule has 0 spiro atoms. The summed E-state index contributed by atoms with van der Waals surface area (Å²) in [7, 11) is 0. The van der Waals surface area contributed by atoms with E-state index in [1.807, 2.05) is 18.2 Å². The minimum absolute atomic E-state index is 0.147. The normalized spacial score (nSPS) is 10.5. The van der Waals surface area contributed by atoms with Crippen LogP contribution in [0.15, 0.2) is 47.4 Å². The predicted octanol–water partition coefficient (Wildman–Crippen LogP) is 3.46. The Kier molecular flexibility index (Phi) is 4.75. The molecular formula is C16H16O4S. The number of carbonyl (C=O) groups excluding carboxylic acids is 1. The Bertz CT molecular complexity index is 694. The van der Waals surface area contributed by atoms with Gasteiger partial charge in [-0.2, -0.15) is 0 Å². The monoisotopic (exact) mass is 304 g/mol. The Labute approximate surface area is 127 Å². The van der Waals surface area contributed by atoms with E-state index in [0.717, 1.165) is 21.2 Å². The third kappa shape index (κ3) is 4.16. The smallest absolute Gasteiger partial charge is 0.316 e. The molecule has 0 amide bonds. The van der Waals surface area contributed by atoms with Gasteiger partial charge in [0.2, 0.25) is 0 Å². The minimum atomic E-state index is -0.295. The molecule has 0 atom stereocenters. The Balaban J connectivity index is 2.04. The number of thioether (sulfide) groups is 1. The Morgan fingerprint density at radius 1 is 1.19 bits per heavy atom. The largest absolute Gasteiger partial charge is 0.504 e. The number of hydrogen-bond acceptors (Lipinski definition) is 5. The summed E-state index contributed by atoms with van der Waals surface area (Å²) in [5, 5.41) is 20.6. The van der Waals surface area contributed by atoms with Gasteiger partial charge in [-0.3, -0.25) is 4.79 Å². The first-order valence-corrected chi connectivity index (χ1v) is 7.33. The molecule has 0 bridgehead atoms. The summed E-state index contributed by atoms with van der Waals surface area (Å²) < 4.78 is 5.02. The van der Waals surface area contributed by atoms with Gasteiger partial charge in [-0.05, 0) is 47.5 Å². The molecule has 0 fully saturated rings. The van der Waals surface area contributed by atoms with Crippen molar-refractivity contribution in [2.75, 3.05) is 12.4 Å². The maximum absolute atomic E-state index is 11.5. The van der Waals surface area contributed by atoms with Crippen LogP contribution in [0.3, 0.4) is 0 Å². The summed E-state index contributed by atoms with van der Waals surface area (Å²) in [5.74, 6) is -0.392. The lowest BCUT2D eigenvalue weighted by molar-refractivity contribution is -0.139. The second kappa shape index (κ2) is 6.54. The lowest BCUT2D eigenvalue weighted by atomic mass is 10.1. The van der Waals surface area contributed by atoms with Crippen LogP contribution < -0.4 is 0 Å². The van der Waals surface area contributed by atoms with Gasteiger partial charge in [0.05, 0.1) is 5.75 Å². The van der Waals surface area contributed by atoms with Crippen LogP contribution in [0.2, 0.25) is 0 Å². The Morgan fingerprint density at radius 2 is 1.86 bits per heavy atom. The van der Waals surface area contributed by atoms with E-state index in [4.69, 9.17) is 4.74 Å². The van der Waals surface area contributed by atoms with E-state index in [2.05, 4.69) is 6.58 Å². The highest BCUT2D eigenvalue weighted by atomic mass is 32.2. The molecule has 0 aliphatic carbocycles. The van der Waals surface area contributed by atoms with Gasteiger partial charge in [0.15, 0.2) is 11.5 Å². The van der Waals surface area contributed by atoms with Crippen molar-refractivity contribution in [3.8, 4) is 11.5 Å². The van der Waals surface area contributed by atoms with E-state index in [0.29, 0.717) is 0 Å². The molecule has 4 nitrogen and oxygen atoms in total. The highest BCUT2D eigenvalue weighted by Crippen LogP contribution is 2.32. The lowest BCUT2D eigenvalue weighted by Crippen LogP contribution is -2.08. The first kappa shape index (κ1) is 15.3. The second-order valence-corrected chi connectivity index (χ2v) is 5.81. The quantitative estimate of drug-likeness (QED) is 0.383. The summed E-state index contributed by atoms with van der Waals surface area (Å²) >= 11 is 1.36. The molecule has 5 heteroatoms. The third-order valence-electron chi connectivity index (χ3n) is 2.74. The van der Waals surface area contributed by atoms with Crippen molar-refractivity contribution in [1.82, 2.24) is 0 Å². The molecule has 0 saturated heterocycles. The van der Waals surface area contributed by atoms with Crippen molar-refractivity contribution in [2.45, 2.75) is 11.8 Å². The molecule has 21 heavy (non-hydrogen) atoms. The molecule has 0 saturated carbocycles. The Hall–Kier alpha value is -2.14. The van der Waals surface area contributed by atoms with Crippen molar-refractivity contribution >= 4 is 28.5 Å². The van der Waals surface area contributed by atoms with E-state index >= 15 is 0 Å². The summed E-state index contributed by atoms with van der Waals surface area (Å²) in [6.07, 6.45) is 0. The van der Waals surface area contributed by atoms with Gasteiger partial charge >= 0.3 is 5.97 Å². The number of benzene rings is 2. The van der Waals surface area contributed by atoms with Crippen molar-refractivity contribution in [2.24, 2.45) is 0 Å². The number of aromatic hydroxyl groups is 2. The van der Waals surface area contributed by atoms with Crippen molar-refractivity contribution in [3.63, 3.8) is 0 Å². The van der Waals surface area contributed by atoms with Gasteiger partial charge in [0.25, 0.3) is 0 Å². The molecule has 2 aromatic rings. The second-order valence-electron chi connectivity index (χ2n) is 4.76. The number of rotatable bonds is 5.